The Hall–Kier alpha value is -11.5. The van der Waals surface area contributed by atoms with Gasteiger partial charge in [-0.3, -0.25) is 44.1 Å². The van der Waals surface area contributed by atoms with Crippen molar-refractivity contribution in [2.75, 3.05) is 43.0 Å². The number of amides is 7. The SMILES string of the molecule is C.CC(C)C[C@@H](N)C(N)=O.CC(C)C[C@@H](Nc1ccc(C#N)c(Br)c1)C(N)=O.Cc1cc(N)sn1.Cc1cc(Nc2cc(N[C@H](CC(C)C)C(N)=O)ccc2C#N)sn1.Cc1cc(Nc2cc(N[C@H](CC(C)C)C(N)=O)ccc2C(N)=O)sn1.Cc1cc(Nc2cc(N[C@H](CC(C)C)C(N)=O)ccc2C(N)=O)sn1.N#Cc1ccc(F)cc1Br.OO. The third-order valence-electron chi connectivity index (χ3n) is 15.8. The molecule has 0 aliphatic rings. The van der Waals surface area contributed by atoms with Crippen molar-refractivity contribution in [3.05, 3.63) is 181 Å². The molecule has 0 unspecified atom stereocenters. The van der Waals surface area contributed by atoms with E-state index in [2.05, 4.69) is 98.7 Å². The van der Waals surface area contributed by atoms with E-state index < -0.39 is 59.7 Å². The fraction of sp³-hybridized carbons (Fsp3) is 0.366. The molecular formula is C82H112Br2FN23O9S4. The second-order valence-electron chi connectivity index (χ2n) is 29.0. The molecule has 4 heterocycles. The van der Waals surface area contributed by atoms with Gasteiger partial charge in [-0.05, 0) is 283 Å². The first-order chi connectivity index (χ1) is 56.4. The highest BCUT2D eigenvalue weighted by molar-refractivity contribution is 9.10. The first-order valence-electron chi connectivity index (χ1n) is 37.2. The van der Waals surface area contributed by atoms with Gasteiger partial charge in [0.1, 0.15) is 68.2 Å². The first kappa shape index (κ1) is 108. The molecule has 5 aromatic carbocycles. The predicted molar refractivity (Wildman–Crippen MR) is 493 cm³/mol. The lowest BCUT2D eigenvalue weighted by molar-refractivity contribution is -0.176. The first-order valence-corrected chi connectivity index (χ1v) is 41.8. The maximum atomic E-state index is 12.3. The number of carbonyl (C=O) groups is 7. The number of nitrogens with two attached hydrogens (primary N) is 9. The van der Waals surface area contributed by atoms with Gasteiger partial charge in [0, 0.05) is 31.7 Å². The molecular weight excluding hydrogens is 1760 g/mol. The average molecular weight is 1870 g/mol. The van der Waals surface area contributed by atoms with E-state index in [0.717, 1.165) is 54.2 Å². The summed E-state index contributed by atoms with van der Waals surface area (Å²) in [5.41, 5.74) is 58.8. The lowest BCUT2D eigenvalue weighted by Gasteiger charge is -2.20. The smallest absolute Gasteiger partial charge is 0.250 e. The van der Waals surface area contributed by atoms with Crippen molar-refractivity contribution in [2.24, 2.45) is 75.5 Å². The van der Waals surface area contributed by atoms with Crippen LogP contribution in [0.3, 0.4) is 0 Å². The Kier molecular flexibility index (Phi) is 49.2. The van der Waals surface area contributed by atoms with Crippen molar-refractivity contribution in [2.45, 2.75) is 167 Å². The molecule has 4 aromatic heterocycles. The van der Waals surface area contributed by atoms with Crippen molar-refractivity contribution < 1.29 is 48.5 Å². The van der Waals surface area contributed by atoms with Crippen LogP contribution in [0.5, 0.6) is 0 Å². The molecule has 27 N–H and O–H groups in total. The number of nitrogen functional groups attached to an aromatic ring is 1. The lowest BCUT2D eigenvalue weighted by atomic mass is 10.0. The molecule has 654 valence electrons. The van der Waals surface area contributed by atoms with E-state index in [1.807, 2.05) is 133 Å². The van der Waals surface area contributed by atoms with Gasteiger partial charge in [-0.1, -0.05) is 76.7 Å². The van der Waals surface area contributed by atoms with Gasteiger partial charge in [0.15, 0.2) is 0 Å². The number of nitrogens with zero attached hydrogens (tertiary/aromatic N) is 7. The van der Waals surface area contributed by atoms with E-state index >= 15 is 0 Å². The van der Waals surface area contributed by atoms with Gasteiger partial charge in [-0.25, -0.2) is 4.39 Å². The van der Waals surface area contributed by atoms with E-state index in [-0.39, 0.29) is 25.1 Å². The molecule has 32 nitrogen and oxygen atoms in total. The third kappa shape index (κ3) is 41.9. The second-order valence-corrected chi connectivity index (χ2v) is 33.9. The quantitative estimate of drug-likeness (QED) is 0.0142. The summed E-state index contributed by atoms with van der Waals surface area (Å²) in [6.07, 6.45) is 3.22. The van der Waals surface area contributed by atoms with Crippen LogP contribution in [-0.2, 0) is 24.0 Å². The van der Waals surface area contributed by atoms with Crippen molar-refractivity contribution in [1.82, 2.24) is 17.5 Å². The van der Waals surface area contributed by atoms with E-state index in [1.54, 1.807) is 66.7 Å². The van der Waals surface area contributed by atoms with Crippen LogP contribution < -0.4 is 88.8 Å². The molecule has 9 aromatic rings. The normalized spacial score (nSPS) is 11.4. The number of benzene rings is 5. The Bertz CT molecular complexity index is 4800. The molecule has 0 aliphatic carbocycles. The van der Waals surface area contributed by atoms with Gasteiger partial charge in [0.05, 0.1) is 73.7 Å². The van der Waals surface area contributed by atoms with E-state index in [1.165, 1.54) is 64.3 Å². The zero-order valence-corrected chi connectivity index (χ0v) is 75.6. The number of carbonyl (C=O) groups excluding carboxylic acids is 7. The number of halogens is 3. The van der Waals surface area contributed by atoms with E-state index in [4.69, 9.17) is 72.6 Å². The van der Waals surface area contributed by atoms with Crippen LogP contribution in [0.1, 0.15) is 169 Å². The molecule has 39 heteroatoms. The Morgan fingerprint density at radius 2 is 0.686 bits per heavy atom. The zero-order valence-electron chi connectivity index (χ0n) is 69.1. The van der Waals surface area contributed by atoms with Crippen LogP contribution in [-0.4, -0.2) is 99.6 Å². The van der Waals surface area contributed by atoms with E-state index in [9.17, 15) is 43.2 Å². The van der Waals surface area contributed by atoms with Crippen molar-refractivity contribution in [3.8, 4) is 18.2 Å². The minimum absolute atomic E-state index is 0. The highest BCUT2D eigenvalue weighted by atomic mass is 79.9. The van der Waals surface area contributed by atoms with Gasteiger partial charge in [0.2, 0.25) is 29.5 Å². The summed E-state index contributed by atoms with van der Waals surface area (Å²) in [7, 11) is 0. The van der Waals surface area contributed by atoms with E-state index in [0.29, 0.717) is 127 Å². The number of hydrogen-bond donors (Lipinski definition) is 18. The van der Waals surface area contributed by atoms with Crippen LogP contribution in [0.25, 0.3) is 0 Å². The molecule has 0 saturated heterocycles. The van der Waals surface area contributed by atoms with Gasteiger partial charge >= 0.3 is 0 Å². The highest BCUT2D eigenvalue weighted by Gasteiger charge is 2.23. The van der Waals surface area contributed by atoms with Gasteiger partial charge in [0.25, 0.3) is 11.8 Å². The second kappa shape index (κ2) is 55.4. The largest absolute Gasteiger partial charge is 0.389 e. The van der Waals surface area contributed by atoms with Crippen molar-refractivity contribution in [3.63, 3.8) is 0 Å². The molecule has 5 atom stereocenters. The summed E-state index contributed by atoms with van der Waals surface area (Å²) in [6, 6.07) is 36.0. The fourth-order valence-corrected chi connectivity index (χ4v) is 13.8. The maximum Gasteiger partial charge on any atom is 0.250 e. The number of aryl methyl sites for hydroxylation is 4. The lowest BCUT2D eigenvalue weighted by Crippen LogP contribution is -2.37. The molecule has 7 amide bonds. The highest BCUT2D eigenvalue weighted by Crippen LogP contribution is 2.32. The summed E-state index contributed by atoms with van der Waals surface area (Å²) >= 11 is 11.6. The minimum atomic E-state index is -0.538. The molecule has 0 spiro atoms. The molecule has 9 rings (SSSR count). The Balaban J connectivity index is 0.000000729. The topological polar surface area (TPSA) is 601 Å². The molecule has 0 fully saturated rings. The summed E-state index contributed by atoms with van der Waals surface area (Å²) < 4.78 is 30.1. The number of nitriles is 3. The number of primary amides is 7. The summed E-state index contributed by atoms with van der Waals surface area (Å²) in [5, 5.41) is 63.8. The number of rotatable bonds is 31. The maximum absolute atomic E-state index is 12.3. The number of nitrogens with one attached hydrogen (secondary N) is 7. The Morgan fingerprint density at radius 1 is 0.405 bits per heavy atom. The summed E-state index contributed by atoms with van der Waals surface area (Å²) in [4.78, 5) is 80.0. The number of anilines is 11. The summed E-state index contributed by atoms with van der Waals surface area (Å²) in [6.45, 7) is 27.8. The molecule has 0 aliphatic heterocycles. The molecule has 0 bridgehead atoms. The minimum Gasteiger partial charge on any atom is -0.389 e. The van der Waals surface area contributed by atoms with Gasteiger partial charge in [-0.15, -0.1) is 0 Å². The zero-order chi connectivity index (χ0) is 90.8. The standard InChI is InChI=1S/2C17H23N5O2S.C17H21N5OS.C13H16BrN3O.C7H3BrFN.C6H14N2O.C4H6N2S.CH4.H2O2/c2*1-9(2)6-14(17(19)24)20-11-4-5-12(16(18)23)13(8-11)21-15-7-10(3)22-25-15;1-10(2)6-15(17(19)23)20-13-5-4-12(9-18)14(8-13)21-16-7-11(3)22-24-16;1-8(2)5-12(13(16)18)17-10-4-3-9(7-15)11(14)6-10;8-7-3-6(9)2-1-5(7)4-10;1-4(2)3-5(7)6(8)9;1-3-2-4(5)7-6-3;;1-2/h2*4-5,7-9,14,20-21H,6H2,1-3H3,(H2,18,23)(H2,19,24);4-5,7-8,10,15,20-21H,6H2,1-3H3,(H2,19,23);3-4,6,8,12,17H,5H2,1-2H3,(H2,16,18);1-3H;4-5H,3,7H2,1-2H3,(H2,8,9);2H,5H2,1H3;1H4;1-2H/t2*14-;15-;12-;;5-;;;/m1111.1.../s1. The van der Waals surface area contributed by atoms with Crippen LogP contribution in [0.15, 0.2) is 124 Å². The predicted octanol–water partition coefficient (Wildman–Crippen LogP) is 15.2. The number of hydrogen-bond acceptors (Lipinski definition) is 29. The van der Waals surface area contributed by atoms with Crippen LogP contribution in [0.4, 0.5) is 64.2 Å². The Morgan fingerprint density at radius 3 is 0.926 bits per heavy atom. The van der Waals surface area contributed by atoms with Crippen LogP contribution in [0.2, 0.25) is 0 Å². The monoisotopic (exact) mass is 1870 g/mol. The van der Waals surface area contributed by atoms with Gasteiger partial charge < -0.3 is 88.8 Å². The van der Waals surface area contributed by atoms with Crippen LogP contribution >= 0.6 is 78.0 Å². The average Bonchev–Trinajstić information content (AvgIpc) is 1.80. The van der Waals surface area contributed by atoms with Gasteiger partial charge in [-0.2, -0.15) is 33.3 Å². The fourth-order valence-electron chi connectivity index (χ4n) is 10.4. The molecule has 0 saturated carbocycles. The Labute approximate surface area is 739 Å². The number of aromatic nitrogens is 4. The van der Waals surface area contributed by atoms with Crippen molar-refractivity contribution >= 4 is 179 Å². The van der Waals surface area contributed by atoms with Crippen molar-refractivity contribution in [1.29, 1.82) is 15.8 Å². The molecule has 0 radical (unpaired) electrons. The summed E-state index contributed by atoms with van der Waals surface area (Å²) in [5.74, 6) is -1.65. The van der Waals surface area contributed by atoms with Crippen LogP contribution in [0, 0.1) is 97.1 Å². The molecule has 121 heavy (non-hydrogen) atoms. The third-order valence-corrected chi connectivity index (χ3v) is 20.2.